The number of amides is 2. The Labute approximate surface area is 152 Å². The molecule has 1 heterocycles. The first-order valence-electron chi connectivity index (χ1n) is 8.53. The Bertz CT molecular complexity index is 930. The highest BCUT2D eigenvalue weighted by atomic mass is 16.2. The fourth-order valence-corrected chi connectivity index (χ4v) is 2.84. The number of nitrogens with one attached hydrogen (secondary N) is 1. The number of aryl methyl sites for hydroxylation is 1. The van der Waals surface area contributed by atoms with Crippen LogP contribution in [0, 0.1) is 6.92 Å². The molecule has 1 N–H and O–H groups in total. The second-order valence-corrected chi connectivity index (χ2v) is 6.14. The van der Waals surface area contributed by atoms with Crippen molar-refractivity contribution in [3.05, 3.63) is 71.9 Å². The molecule has 0 saturated heterocycles. The number of aromatic nitrogens is 1. The third-order valence-corrected chi connectivity index (χ3v) is 4.22. The Morgan fingerprint density at radius 1 is 1.04 bits per heavy atom. The molecule has 5 nitrogen and oxygen atoms in total. The van der Waals surface area contributed by atoms with E-state index in [0.29, 0.717) is 18.7 Å². The topological polar surface area (TPSA) is 62.3 Å². The minimum atomic E-state index is -0.149. The molecule has 0 aliphatic rings. The van der Waals surface area contributed by atoms with Crippen molar-refractivity contribution in [2.45, 2.75) is 13.8 Å². The van der Waals surface area contributed by atoms with Crippen LogP contribution in [0.5, 0.6) is 0 Å². The highest BCUT2D eigenvalue weighted by Gasteiger charge is 2.15. The predicted octanol–water partition coefficient (Wildman–Crippen LogP) is 3.33. The number of hydrogen-bond donors (Lipinski definition) is 1. The summed E-state index contributed by atoms with van der Waals surface area (Å²) in [6.45, 7) is 4.23. The van der Waals surface area contributed by atoms with Crippen LogP contribution >= 0.6 is 0 Å². The van der Waals surface area contributed by atoms with Crippen LogP contribution in [0.1, 0.15) is 22.8 Å². The number of benzene rings is 2. The summed E-state index contributed by atoms with van der Waals surface area (Å²) in [7, 11) is 0. The van der Waals surface area contributed by atoms with Crippen molar-refractivity contribution in [3.63, 3.8) is 0 Å². The first-order valence-corrected chi connectivity index (χ1v) is 8.53. The van der Waals surface area contributed by atoms with Crippen LogP contribution in [-0.2, 0) is 4.79 Å². The second kappa shape index (κ2) is 7.78. The van der Waals surface area contributed by atoms with Crippen molar-refractivity contribution >= 4 is 28.4 Å². The molecule has 132 valence electrons. The fraction of sp³-hybridized carbons (Fsp3) is 0.190. The molecular weight excluding hydrogens is 326 g/mol. The smallest absolute Gasteiger partial charge is 0.251 e. The zero-order valence-electron chi connectivity index (χ0n) is 14.9. The summed E-state index contributed by atoms with van der Waals surface area (Å²) < 4.78 is 0. The van der Waals surface area contributed by atoms with Crippen LogP contribution in [-0.4, -0.2) is 29.9 Å². The van der Waals surface area contributed by atoms with Crippen molar-refractivity contribution in [2.24, 2.45) is 0 Å². The lowest BCUT2D eigenvalue weighted by Gasteiger charge is -2.22. The van der Waals surface area contributed by atoms with E-state index < -0.39 is 0 Å². The number of para-hydroxylation sites is 1. The van der Waals surface area contributed by atoms with Gasteiger partial charge in [0.25, 0.3) is 5.91 Å². The van der Waals surface area contributed by atoms with Gasteiger partial charge in [0.15, 0.2) is 0 Å². The number of carbonyl (C=O) groups excluding carboxylic acids is 2. The Kier molecular flexibility index (Phi) is 5.27. The SMILES string of the molecule is CC(=O)N(CCNC(=O)c1ccc(C)cc1)c1cccc2cccnc12. The summed E-state index contributed by atoms with van der Waals surface area (Å²) in [5, 5.41) is 3.84. The largest absolute Gasteiger partial charge is 0.350 e. The standard InChI is InChI=1S/C21H21N3O2/c1-15-8-10-18(11-9-15)21(26)23-13-14-24(16(2)25)19-7-3-5-17-6-4-12-22-20(17)19/h3-12H,13-14H2,1-2H3,(H,23,26). The van der Waals surface area contributed by atoms with Gasteiger partial charge in [-0.2, -0.15) is 0 Å². The average Bonchev–Trinajstić information content (AvgIpc) is 2.65. The number of anilines is 1. The van der Waals surface area contributed by atoms with E-state index in [1.165, 1.54) is 6.92 Å². The molecule has 5 heteroatoms. The summed E-state index contributed by atoms with van der Waals surface area (Å²) in [6.07, 6.45) is 1.71. The Morgan fingerprint density at radius 2 is 1.77 bits per heavy atom. The lowest BCUT2D eigenvalue weighted by molar-refractivity contribution is -0.116. The first kappa shape index (κ1) is 17.6. The minimum absolute atomic E-state index is 0.0901. The van der Waals surface area contributed by atoms with Crippen molar-refractivity contribution in [3.8, 4) is 0 Å². The molecular formula is C21H21N3O2. The third-order valence-electron chi connectivity index (χ3n) is 4.22. The molecule has 1 aromatic heterocycles. The monoisotopic (exact) mass is 347 g/mol. The van der Waals surface area contributed by atoms with E-state index >= 15 is 0 Å². The molecule has 0 bridgehead atoms. The first-order chi connectivity index (χ1) is 12.6. The molecule has 0 spiro atoms. The van der Waals surface area contributed by atoms with Gasteiger partial charge in [-0.3, -0.25) is 14.6 Å². The lowest BCUT2D eigenvalue weighted by Crippen LogP contribution is -2.37. The molecule has 3 aromatic rings. The van der Waals surface area contributed by atoms with Crippen LogP contribution in [0.3, 0.4) is 0 Å². The van der Waals surface area contributed by atoms with Crippen molar-refractivity contribution in [1.29, 1.82) is 0 Å². The molecule has 0 unspecified atom stereocenters. The van der Waals surface area contributed by atoms with Crippen LogP contribution in [0.15, 0.2) is 60.8 Å². The van der Waals surface area contributed by atoms with Gasteiger partial charge in [0.05, 0.1) is 11.2 Å². The van der Waals surface area contributed by atoms with Gasteiger partial charge in [-0.1, -0.05) is 35.9 Å². The van der Waals surface area contributed by atoms with Gasteiger partial charge in [0, 0.05) is 37.2 Å². The van der Waals surface area contributed by atoms with Gasteiger partial charge in [-0.05, 0) is 31.2 Å². The lowest BCUT2D eigenvalue weighted by atomic mass is 10.1. The zero-order chi connectivity index (χ0) is 18.5. The van der Waals surface area contributed by atoms with E-state index in [4.69, 9.17) is 0 Å². The summed E-state index contributed by atoms with van der Waals surface area (Å²) in [5.41, 5.74) is 3.24. The summed E-state index contributed by atoms with van der Waals surface area (Å²) in [4.78, 5) is 30.4. The Hall–Kier alpha value is -3.21. The molecule has 0 radical (unpaired) electrons. The van der Waals surface area contributed by atoms with E-state index in [-0.39, 0.29) is 11.8 Å². The maximum atomic E-state index is 12.2. The molecule has 0 aliphatic heterocycles. The molecule has 26 heavy (non-hydrogen) atoms. The van der Waals surface area contributed by atoms with E-state index in [1.807, 2.05) is 49.4 Å². The van der Waals surface area contributed by atoms with E-state index in [2.05, 4.69) is 10.3 Å². The fourth-order valence-electron chi connectivity index (χ4n) is 2.84. The van der Waals surface area contributed by atoms with Crippen LogP contribution in [0.4, 0.5) is 5.69 Å². The van der Waals surface area contributed by atoms with Crippen LogP contribution < -0.4 is 10.2 Å². The maximum absolute atomic E-state index is 12.2. The molecule has 3 rings (SSSR count). The summed E-state index contributed by atoms with van der Waals surface area (Å²) >= 11 is 0. The van der Waals surface area contributed by atoms with Gasteiger partial charge < -0.3 is 10.2 Å². The number of fused-ring (bicyclic) bond motifs is 1. The van der Waals surface area contributed by atoms with Crippen molar-refractivity contribution in [1.82, 2.24) is 10.3 Å². The molecule has 0 aliphatic carbocycles. The highest BCUT2D eigenvalue weighted by molar-refractivity contribution is 6.01. The van der Waals surface area contributed by atoms with Gasteiger partial charge >= 0.3 is 0 Å². The molecule has 2 amide bonds. The van der Waals surface area contributed by atoms with E-state index in [9.17, 15) is 9.59 Å². The minimum Gasteiger partial charge on any atom is -0.350 e. The third kappa shape index (κ3) is 3.88. The number of nitrogens with zero attached hydrogens (tertiary/aromatic N) is 2. The van der Waals surface area contributed by atoms with Crippen molar-refractivity contribution < 1.29 is 9.59 Å². The molecule has 0 fully saturated rings. The number of pyridine rings is 1. The second-order valence-electron chi connectivity index (χ2n) is 6.14. The summed E-state index contributed by atoms with van der Waals surface area (Å²) in [5.74, 6) is -0.239. The highest BCUT2D eigenvalue weighted by Crippen LogP contribution is 2.24. The molecule has 0 atom stereocenters. The normalized spacial score (nSPS) is 10.5. The average molecular weight is 347 g/mol. The number of rotatable bonds is 5. The van der Waals surface area contributed by atoms with Gasteiger partial charge in [0.1, 0.15) is 0 Å². The number of hydrogen-bond acceptors (Lipinski definition) is 3. The maximum Gasteiger partial charge on any atom is 0.251 e. The zero-order valence-corrected chi connectivity index (χ0v) is 14.9. The van der Waals surface area contributed by atoms with Crippen molar-refractivity contribution in [2.75, 3.05) is 18.0 Å². The quantitative estimate of drug-likeness (QED) is 0.770. The Balaban J connectivity index is 1.72. The van der Waals surface area contributed by atoms with E-state index in [0.717, 1.165) is 22.2 Å². The predicted molar refractivity (Wildman–Crippen MR) is 103 cm³/mol. The van der Waals surface area contributed by atoms with Gasteiger partial charge in [-0.15, -0.1) is 0 Å². The van der Waals surface area contributed by atoms with E-state index in [1.54, 1.807) is 23.2 Å². The Morgan fingerprint density at radius 3 is 2.50 bits per heavy atom. The molecule has 0 saturated carbocycles. The summed E-state index contributed by atoms with van der Waals surface area (Å²) in [6, 6.07) is 17.0. The number of carbonyl (C=O) groups is 2. The van der Waals surface area contributed by atoms with Crippen LogP contribution in [0.25, 0.3) is 10.9 Å². The van der Waals surface area contributed by atoms with Gasteiger partial charge in [0.2, 0.25) is 5.91 Å². The van der Waals surface area contributed by atoms with Gasteiger partial charge in [-0.25, -0.2) is 0 Å². The molecule has 2 aromatic carbocycles. The van der Waals surface area contributed by atoms with Crippen LogP contribution in [0.2, 0.25) is 0 Å².